The molecule has 0 atom stereocenters. The zero-order valence-electron chi connectivity index (χ0n) is 20.1. The normalized spacial score (nSPS) is 13.9. The van der Waals surface area contributed by atoms with Gasteiger partial charge in [-0.2, -0.15) is 0 Å². The lowest BCUT2D eigenvalue weighted by Gasteiger charge is -2.34. The van der Waals surface area contributed by atoms with Gasteiger partial charge in [-0.05, 0) is 42.8 Å². The molecule has 9 heteroatoms. The van der Waals surface area contributed by atoms with Gasteiger partial charge in [-0.25, -0.2) is 9.97 Å². The third kappa shape index (κ3) is 6.52. The number of thiazole rings is 1. The van der Waals surface area contributed by atoms with E-state index in [-0.39, 0.29) is 11.8 Å². The van der Waals surface area contributed by atoms with Crippen LogP contribution in [0.1, 0.15) is 23.8 Å². The van der Waals surface area contributed by atoms with Gasteiger partial charge in [-0.15, -0.1) is 11.3 Å². The van der Waals surface area contributed by atoms with E-state index in [1.807, 2.05) is 55.3 Å². The predicted molar refractivity (Wildman–Crippen MR) is 141 cm³/mol. The third-order valence-corrected chi connectivity index (χ3v) is 6.61. The summed E-state index contributed by atoms with van der Waals surface area (Å²) < 4.78 is 0. The molecule has 182 valence electrons. The van der Waals surface area contributed by atoms with Crippen LogP contribution in [0, 0.1) is 6.92 Å². The van der Waals surface area contributed by atoms with Gasteiger partial charge in [0.05, 0.1) is 5.69 Å². The minimum atomic E-state index is -0.258. The summed E-state index contributed by atoms with van der Waals surface area (Å²) in [6, 6.07) is 11.7. The van der Waals surface area contributed by atoms with Crippen molar-refractivity contribution in [2.45, 2.75) is 26.8 Å². The molecule has 4 rings (SSSR count). The summed E-state index contributed by atoms with van der Waals surface area (Å²) in [6.07, 6.45) is 3.63. The number of benzene rings is 1. The van der Waals surface area contributed by atoms with Gasteiger partial charge in [-0.3, -0.25) is 14.5 Å². The van der Waals surface area contributed by atoms with E-state index in [1.54, 1.807) is 11.3 Å². The van der Waals surface area contributed by atoms with Crippen molar-refractivity contribution in [1.29, 1.82) is 0 Å². The van der Waals surface area contributed by atoms with E-state index in [2.05, 4.69) is 33.2 Å². The predicted octanol–water partition coefficient (Wildman–Crippen LogP) is 4.44. The van der Waals surface area contributed by atoms with E-state index in [4.69, 9.17) is 4.98 Å². The Hall–Kier alpha value is -3.56. The van der Waals surface area contributed by atoms with Crippen molar-refractivity contribution in [2.75, 3.05) is 36.8 Å². The number of aryl methyl sites for hydroxylation is 1. The van der Waals surface area contributed by atoms with Crippen LogP contribution in [0.15, 0.2) is 55.3 Å². The Morgan fingerprint density at radius 2 is 1.97 bits per heavy atom. The van der Waals surface area contributed by atoms with Crippen molar-refractivity contribution in [3.63, 3.8) is 0 Å². The number of piperazine rings is 1. The Morgan fingerprint density at radius 3 is 2.66 bits per heavy atom. The monoisotopic (exact) mass is 490 g/mol. The molecule has 0 unspecified atom stereocenters. The molecule has 2 N–H and O–H groups in total. The molecule has 0 saturated carbocycles. The summed E-state index contributed by atoms with van der Waals surface area (Å²) in [4.78, 5) is 38.4. The number of nitrogens with one attached hydrogen (secondary N) is 2. The van der Waals surface area contributed by atoms with Crippen LogP contribution in [-0.2, 0) is 16.1 Å². The molecule has 0 aliphatic carbocycles. The number of nitrogens with zero attached hydrogens (tertiary/aromatic N) is 4. The quantitative estimate of drug-likeness (QED) is 0.454. The van der Waals surface area contributed by atoms with Crippen LogP contribution in [0.25, 0.3) is 11.3 Å². The van der Waals surface area contributed by atoms with Crippen LogP contribution in [0.5, 0.6) is 0 Å². The maximum absolute atomic E-state index is 12.0. The second kappa shape index (κ2) is 11.2. The Bertz CT molecular complexity index is 1220. The molecule has 2 amide bonds. The number of hydrogen-bond acceptors (Lipinski definition) is 7. The molecule has 1 aliphatic rings. The van der Waals surface area contributed by atoms with Crippen molar-refractivity contribution in [1.82, 2.24) is 19.8 Å². The summed E-state index contributed by atoms with van der Waals surface area (Å²) >= 11 is 1.58. The molecule has 35 heavy (non-hydrogen) atoms. The molecule has 0 spiro atoms. The van der Waals surface area contributed by atoms with Gasteiger partial charge in [0.2, 0.25) is 11.8 Å². The number of anilines is 3. The molecule has 2 aromatic heterocycles. The van der Waals surface area contributed by atoms with Crippen LogP contribution in [0.2, 0.25) is 0 Å². The first-order valence-electron chi connectivity index (χ1n) is 11.7. The van der Waals surface area contributed by atoms with Gasteiger partial charge < -0.3 is 15.5 Å². The first kappa shape index (κ1) is 24.6. The first-order chi connectivity index (χ1) is 16.9. The summed E-state index contributed by atoms with van der Waals surface area (Å²) in [5.41, 5.74) is 3.49. The zero-order chi connectivity index (χ0) is 24.8. The van der Waals surface area contributed by atoms with Gasteiger partial charge in [0.15, 0.2) is 5.13 Å². The maximum atomic E-state index is 12.0. The first-order valence-corrected chi connectivity index (χ1v) is 12.5. The lowest BCUT2D eigenvalue weighted by Crippen LogP contribution is -2.48. The molecule has 1 aliphatic heterocycles. The average Bonchev–Trinajstić information content (AvgIpc) is 3.28. The van der Waals surface area contributed by atoms with Crippen LogP contribution in [0.4, 0.5) is 16.6 Å². The lowest BCUT2D eigenvalue weighted by atomic mass is 10.1. The van der Waals surface area contributed by atoms with Gasteiger partial charge in [0.25, 0.3) is 0 Å². The number of amides is 2. The Balaban J connectivity index is 1.59. The molecule has 0 bridgehead atoms. The molecule has 3 aromatic rings. The SMILES string of the molecule is C=CC(=O)Nc1cccc(-c2cc(CN3CCN(C(=O)CC)CC3)cc(Nc3ncc(C)s3)n2)c1. The molecule has 1 aromatic carbocycles. The van der Waals surface area contributed by atoms with Crippen molar-refractivity contribution in [3.8, 4) is 11.3 Å². The fraction of sp³-hybridized carbons (Fsp3) is 0.308. The molecular weight excluding hydrogens is 460 g/mol. The second-order valence-corrected chi connectivity index (χ2v) is 9.67. The fourth-order valence-electron chi connectivity index (χ4n) is 4.00. The van der Waals surface area contributed by atoms with E-state index in [0.717, 1.165) is 59.6 Å². The van der Waals surface area contributed by atoms with Gasteiger partial charge >= 0.3 is 0 Å². The maximum Gasteiger partial charge on any atom is 0.247 e. The standard InChI is InChI=1S/C26H30N6O2S/c1-4-24(33)28-21-8-6-7-20(15-21)22-13-19(14-23(29-22)30-26-27-16-18(3)35-26)17-31-9-11-32(12-10-31)25(34)5-2/h4,6-8,13-16H,1,5,9-12,17H2,2-3H3,(H,28,33)(H,27,29,30). The highest BCUT2D eigenvalue weighted by Gasteiger charge is 2.20. The van der Waals surface area contributed by atoms with Crippen LogP contribution >= 0.6 is 11.3 Å². The smallest absolute Gasteiger partial charge is 0.247 e. The highest BCUT2D eigenvalue weighted by atomic mass is 32.1. The number of aromatic nitrogens is 2. The Kier molecular flexibility index (Phi) is 7.89. The molecule has 1 fully saturated rings. The van der Waals surface area contributed by atoms with Crippen molar-refractivity contribution in [3.05, 3.63) is 65.7 Å². The Morgan fingerprint density at radius 1 is 1.17 bits per heavy atom. The van der Waals surface area contributed by atoms with E-state index in [1.165, 1.54) is 6.08 Å². The van der Waals surface area contributed by atoms with E-state index < -0.39 is 0 Å². The molecule has 8 nitrogen and oxygen atoms in total. The van der Waals surface area contributed by atoms with Gasteiger partial charge in [0.1, 0.15) is 5.82 Å². The Labute approximate surface area is 209 Å². The summed E-state index contributed by atoms with van der Waals surface area (Å²) in [6.45, 7) is 11.4. The van der Waals surface area contributed by atoms with Crippen LogP contribution in [-0.4, -0.2) is 57.8 Å². The van der Waals surface area contributed by atoms with Crippen LogP contribution in [0.3, 0.4) is 0 Å². The second-order valence-electron chi connectivity index (χ2n) is 8.43. The molecule has 1 saturated heterocycles. The van der Waals surface area contributed by atoms with E-state index in [9.17, 15) is 9.59 Å². The topological polar surface area (TPSA) is 90.5 Å². The fourth-order valence-corrected chi connectivity index (χ4v) is 4.67. The van der Waals surface area contributed by atoms with Gasteiger partial charge in [0, 0.05) is 61.5 Å². The van der Waals surface area contributed by atoms with E-state index in [0.29, 0.717) is 17.9 Å². The molecular formula is C26H30N6O2S. The lowest BCUT2D eigenvalue weighted by molar-refractivity contribution is -0.132. The molecule has 0 radical (unpaired) electrons. The van der Waals surface area contributed by atoms with Crippen molar-refractivity contribution < 1.29 is 9.59 Å². The summed E-state index contributed by atoms with van der Waals surface area (Å²) in [5.74, 6) is 0.669. The van der Waals surface area contributed by atoms with Crippen LogP contribution < -0.4 is 10.6 Å². The number of hydrogen-bond donors (Lipinski definition) is 2. The summed E-state index contributed by atoms with van der Waals surface area (Å²) in [7, 11) is 0. The van der Waals surface area contributed by atoms with Gasteiger partial charge in [-0.1, -0.05) is 25.6 Å². The number of pyridine rings is 1. The highest BCUT2D eigenvalue weighted by molar-refractivity contribution is 7.15. The number of carbonyl (C=O) groups is 2. The summed E-state index contributed by atoms with van der Waals surface area (Å²) in [5, 5.41) is 6.94. The number of carbonyl (C=O) groups excluding carboxylic acids is 2. The number of rotatable bonds is 8. The van der Waals surface area contributed by atoms with E-state index >= 15 is 0 Å². The van der Waals surface area contributed by atoms with Crippen molar-refractivity contribution >= 4 is 39.8 Å². The minimum Gasteiger partial charge on any atom is -0.340 e. The largest absolute Gasteiger partial charge is 0.340 e. The average molecular weight is 491 g/mol. The van der Waals surface area contributed by atoms with Crippen molar-refractivity contribution in [2.24, 2.45) is 0 Å². The molecule has 3 heterocycles. The highest BCUT2D eigenvalue weighted by Crippen LogP contribution is 2.27. The third-order valence-electron chi connectivity index (χ3n) is 5.79. The minimum absolute atomic E-state index is 0.213. The zero-order valence-corrected chi connectivity index (χ0v) is 20.9.